The van der Waals surface area contributed by atoms with Crippen molar-refractivity contribution in [3.63, 3.8) is 0 Å². The van der Waals surface area contributed by atoms with Gasteiger partial charge in [0.2, 0.25) is 0 Å². The number of hydrogen-bond acceptors (Lipinski definition) is 3. The number of rotatable bonds is 5. The van der Waals surface area contributed by atoms with Crippen LogP contribution in [0.25, 0.3) is 0 Å². The lowest BCUT2D eigenvalue weighted by molar-refractivity contribution is 0.397. The second-order valence-corrected chi connectivity index (χ2v) is 5.51. The fourth-order valence-electron chi connectivity index (χ4n) is 2.10. The van der Waals surface area contributed by atoms with Gasteiger partial charge in [0.1, 0.15) is 17.3 Å². The minimum atomic E-state index is -0.307. The second-order valence-electron chi connectivity index (χ2n) is 4.60. The molecule has 0 saturated carbocycles. The van der Waals surface area contributed by atoms with E-state index in [1.54, 1.807) is 26.4 Å². The van der Waals surface area contributed by atoms with Gasteiger partial charge < -0.3 is 14.8 Å². The van der Waals surface area contributed by atoms with E-state index in [1.165, 1.54) is 6.07 Å². The van der Waals surface area contributed by atoms with Crippen molar-refractivity contribution in [2.45, 2.75) is 13.0 Å². The number of methoxy groups -OCH3 is 2. The molecule has 0 bridgehead atoms. The van der Waals surface area contributed by atoms with Crippen LogP contribution in [0.2, 0.25) is 0 Å². The molecule has 112 valence electrons. The maximum Gasteiger partial charge on any atom is 0.147 e. The summed E-state index contributed by atoms with van der Waals surface area (Å²) in [4.78, 5) is 0. The molecule has 0 radical (unpaired) electrons. The van der Waals surface area contributed by atoms with E-state index in [4.69, 9.17) is 9.47 Å². The van der Waals surface area contributed by atoms with Crippen LogP contribution >= 0.6 is 15.9 Å². The first-order valence-electron chi connectivity index (χ1n) is 6.48. The zero-order valence-electron chi connectivity index (χ0n) is 12.1. The topological polar surface area (TPSA) is 30.5 Å². The average molecular weight is 354 g/mol. The van der Waals surface area contributed by atoms with E-state index in [1.807, 2.05) is 25.1 Å². The molecule has 0 aliphatic heterocycles. The molecule has 2 aromatic rings. The number of hydrogen-bond donors (Lipinski definition) is 1. The molecule has 5 heteroatoms. The molecule has 2 aromatic carbocycles. The van der Waals surface area contributed by atoms with Crippen LogP contribution in [-0.4, -0.2) is 14.2 Å². The van der Waals surface area contributed by atoms with Crippen molar-refractivity contribution < 1.29 is 13.9 Å². The van der Waals surface area contributed by atoms with Crippen molar-refractivity contribution in [2.24, 2.45) is 0 Å². The highest BCUT2D eigenvalue weighted by atomic mass is 79.9. The van der Waals surface area contributed by atoms with Gasteiger partial charge in [-0.15, -0.1) is 0 Å². The van der Waals surface area contributed by atoms with Gasteiger partial charge in [-0.25, -0.2) is 4.39 Å². The van der Waals surface area contributed by atoms with Crippen LogP contribution in [0.5, 0.6) is 11.5 Å². The van der Waals surface area contributed by atoms with Gasteiger partial charge in [0, 0.05) is 10.0 Å². The quantitative estimate of drug-likeness (QED) is 0.838. The highest BCUT2D eigenvalue weighted by Crippen LogP contribution is 2.32. The lowest BCUT2D eigenvalue weighted by Crippen LogP contribution is -2.09. The molecule has 21 heavy (non-hydrogen) atoms. The molecule has 0 spiro atoms. The molecular formula is C16H17BrFNO2. The van der Waals surface area contributed by atoms with Gasteiger partial charge in [0.15, 0.2) is 0 Å². The van der Waals surface area contributed by atoms with Gasteiger partial charge in [-0.2, -0.15) is 0 Å². The number of anilines is 1. The molecule has 3 nitrogen and oxygen atoms in total. The Kier molecular flexibility index (Phi) is 5.07. The third kappa shape index (κ3) is 3.67. The summed E-state index contributed by atoms with van der Waals surface area (Å²) in [6, 6.07) is 10.3. The highest BCUT2D eigenvalue weighted by Gasteiger charge is 2.14. The third-order valence-corrected chi connectivity index (χ3v) is 3.70. The van der Waals surface area contributed by atoms with E-state index in [0.29, 0.717) is 10.2 Å². The van der Waals surface area contributed by atoms with Crippen molar-refractivity contribution in [2.75, 3.05) is 19.5 Å². The monoisotopic (exact) mass is 353 g/mol. The Hall–Kier alpha value is -1.75. The Labute approximate surface area is 132 Å². The van der Waals surface area contributed by atoms with Crippen LogP contribution < -0.4 is 14.8 Å². The summed E-state index contributed by atoms with van der Waals surface area (Å²) in [7, 11) is 3.22. The molecule has 0 saturated heterocycles. The number of benzene rings is 2. The summed E-state index contributed by atoms with van der Waals surface area (Å²) in [5, 5.41) is 3.15. The maximum absolute atomic E-state index is 13.9. The van der Waals surface area contributed by atoms with E-state index >= 15 is 0 Å². The van der Waals surface area contributed by atoms with E-state index in [-0.39, 0.29) is 11.9 Å². The average Bonchev–Trinajstić information content (AvgIpc) is 2.49. The highest BCUT2D eigenvalue weighted by molar-refractivity contribution is 9.10. The molecule has 1 N–H and O–H groups in total. The molecule has 1 atom stereocenters. The van der Waals surface area contributed by atoms with E-state index < -0.39 is 0 Å². The largest absolute Gasteiger partial charge is 0.497 e. The summed E-state index contributed by atoms with van der Waals surface area (Å²) in [5.74, 6) is 1.15. The smallest absolute Gasteiger partial charge is 0.147 e. The molecule has 0 aliphatic rings. The van der Waals surface area contributed by atoms with Crippen LogP contribution in [0.15, 0.2) is 40.9 Å². The summed E-state index contributed by atoms with van der Waals surface area (Å²) < 4.78 is 25.2. The number of halogens is 2. The standard InChI is InChI=1S/C16H17BrFNO2/c1-10(19-15-6-4-11(17)8-14(15)18)13-9-12(20-2)5-7-16(13)21-3/h4-10,19H,1-3H3. The van der Waals surface area contributed by atoms with Crippen LogP contribution in [-0.2, 0) is 0 Å². The number of ether oxygens (including phenoxy) is 2. The summed E-state index contributed by atoms with van der Waals surface area (Å²) >= 11 is 3.24. The third-order valence-electron chi connectivity index (χ3n) is 3.21. The molecule has 0 amide bonds. The lowest BCUT2D eigenvalue weighted by Gasteiger charge is -2.19. The predicted octanol–water partition coefficient (Wildman–Crippen LogP) is 4.78. The Bertz CT molecular complexity index is 634. The first-order valence-corrected chi connectivity index (χ1v) is 7.28. The normalized spacial score (nSPS) is 11.9. The molecule has 0 heterocycles. The predicted molar refractivity (Wildman–Crippen MR) is 85.7 cm³/mol. The van der Waals surface area contributed by atoms with Crippen molar-refractivity contribution in [1.29, 1.82) is 0 Å². The zero-order valence-corrected chi connectivity index (χ0v) is 13.7. The van der Waals surface area contributed by atoms with Gasteiger partial charge >= 0.3 is 0 Å². The number of nitrogens with one attached hydrogen (secondary N) is 1. The van der Waals surface area contributed by atoms with Crippen LogP contribution in [0.4, 0.5) is 10.1 Å². The molecule has 0 aliphatic carbocycles. The second kappa shape index (κ2) is 6.80. The molecule has 0 fully saturated rings. The molecule has 1 unspecified atom stereocenters. The minimum absolute atomic E-state index is 0.134. The maximum atomic E-state index is 13.9. The van der Waals surface area contributed by atoms with Gasteiger partial charge in [0.25, 0.3) is 0 Å². The Morgan fingerprint density at radius 2 is 1.86 bits per heavy atom. The minimum Gasteiger partial charge on any atom is -0.497 e. The van der Waals surface area contributed by atoms with Crippen LogP contribution in [0, 0.1) is 5.82 Å². The Morgan fingerprint density at radius 3 is 2.48 bits per heavy atom. The SMILES string of the molecule is COc1ccc(OC)c(C(C)Nc2ccc(Br)cc2F)c1. The fraction of sp³-hybridized carbons (Fsp3) is 0.250. The van der Waals surface area contributed by atoms with E-state index in [0.717, 1.165) is 17.1 Å². The lowest BCUT2D eigenvalue weighted by atomic mass is 10.1. The van der Waals surface area contributed by atoms with Gasteiger partial charge in [-0.1, -0.05) is 15.9 Å². The Balaban J connectivity index is 2.28. The molecular weight excluding hydrogens is 337 g/mol. The van der Waals surface area contributed by atoms with Crippen LogP contribution in [0.1, 0.15) is 18.5 Å². The molecule has 0 aromatic heterocycles. The Morgan fingerprint density at radius 1 is 1.10 bits per heavy atom. The van der Waals surface area contributed by atoms with Crippen LogP contribution in [0.3, 0.4) is 0 Å². The summed E-state index contributed by atoms with van der Waals surface area (Å²) in [5.41, 5.74) is 1.34. The first kappa shape index (κ1) is 15.6. The van der Waals surface area contributed by atoms with E-state index in [9.17, 15) is 4.39 Å². The molecule has 2 rings (SSSR count). The van der Waals surface area contributed by atoms with Gasteiger partial charge in [-0.05, 0) is 43.3 Å². The fourth-order valence-corrected chi connectivity index (χ4v) is 2.43. The first-order chi connectivity index (χ1) is 10.0. The van der Waals surface area contributed by atoms with E-state index in [2.05, 4.69) is 21.2 Å². The van der Waals surface area contributed by atoms with Crippen molar-refractivity contribution in [3.8, 4) is 11.5 Å². The summed E-state index contributed by atoms with van der Waals surface area (Å²) in [6.45, 7) is 1.94. The van der Waals surface area contributed by atoms with Gasteiger partial charge in [-0.3, -0.25) is 0 Å². The van der Waals surface area contributed by atoms with Crippen molar-refractivity contribution in [3.05, 3.63) is 52.3 Å². The zero-order chi connectivity index (χ0) is 15.4. The van der Waals surface area contributed by atoms with Crippen molar-refractivity contribution >= 4 is 21.6 Å². The van der Waals surface area contributed by atoms with Gasteiger partial charge in [0.05, 0.1) is 25.9 Å². The summed E-state index contributed by atoms with van der Waals surface area (Å²) in [6.07, 6.45) is 0. The van der Waals surface area contributed by atoms with Crippen molar-refractivity contribution in [1.82, 2.24) is 0 Å².